The average Bonchev–Trinajstić information content (AvgIpc) is 3.11. The van der Waals surface area contributed by atoms with Gasteiger partial charge in [-0.15, -0.1) is 0 Å². The number of hydrogen-bond acceptors (Lipinski definition) is 4. The van der Waals surface area contributed by atoms with Crippen LogP contribution in [0.15, 0.2) is 15.6 Å². The maximum atomic E-state index is 5.80. The molecule has 1 saturated heterocycles. The third-order valence-corrected chi connectivity index (χ3v) is 4.82. The first-order chi connectivity index (χ1) is 12.5. The summed E-state index contributed by atoms with van der Waals surface area (Å²) in [6.45, 7) is 11.7. The predicted octanol–water partition coefficient (Wildman–Crippen LogP) is 3.29. The van der Waals surface area contributed by atoms with Gasteiger partial charge in [-0.3, -0.25) is 4.99 Å². The molecule has 1 aliphatic heterocycles. The average molecular weight is 364 g/mol. The SMILES string of the molecule is CN=C(NCCCCCN1CCCCC1)NCc1ncc(C(C)(C)C)o1. The van der Waals surface area contributed by atoms with E-state index in [0.29, 0.717) is 12.4 Å². The Morgan fingerprint density at radius 2 is 1.92 bits per heavy atom. The summed E-state index contributed by atoms with van der Waals surface area (Å²) in [5, 5.41) is 6.64. The lowest BCUT2D eigenvalue weighted by atomic mass is 9.94. The maximum Gasteiger partial charge on any atom is 0.213 e. The summed E-state index contributed by atoms with van der Waals surface area (Å²) in [6, 6.07) is 0. The molecule has 0 radical (unpaired) electrons. The number of oxazole rings is 1. The largest absolute Gasteiger partial charge is 0.443 e. The Balaban J connectivity index is 1.57. The van der Waals surface area contributed by atoms with Gasteiger partial charge in [-0.2, -0.15) is 0 Å². The molecule has 1 aromatic rings. The van der Waals surface area contributed by atoms with E-state index >= 15 is 0 Å². The Labute approximate surface area is 158 Å². The lowest BCUT2D eigenvalue weighted by Gasteiger charge is -2.26. The minimum atomic E-state index is -0.0145. The molecule has 0 atom stereocenters. The molecular formula is C20H37N5O. The first-order valence-electron chi connectivity index (χ1n) is 10.1. The third-order valence-electron chi connectivity index (χ3n) is 4.82. The van der Waals surface area contributed by atoms with E-state index < -0.39 is 0 Å². The highest BCUT2D eigenvalue weighted by atomic mass is 16.4. The van der Waals surface area contributed by atoms with Crippen molar-refractivity contribution in [2.75, 3.05) is 33.2 Å². The molecule has 26 heavy (non-hydrogen) atoms. The molecule has 0 saturated carbocycles. The molecular weight excluding hydrogens is 326 g/mol. The van der Waals surface area contributed by atoms with Gasteiger partial charge in [0.05, 0.1) is 12.7 Å². The highest BCUT2D eigenvalue weighted by Crippen LogP contribution is 2.22. The van der Waals surface area contributed by atoms with Gasteiger partial charge < -0.3 is 20.0 Å². The molecule has 0 aliphatic carbocycles. The molecule has 2 rings (SSSR count). The maximum absolute atomic E-state index is 5.80. The van der Waals surface area contributed by atoms with Crippen molar-refractivity contribution in [2.45, 2.75) is 71.3 Å². The van der Waals surface area contributed by atoms with Crippen molar-refractivity contribution < 1.29 is 4.42 Å². The number of unbranched alkanes of at least 4 members (excludes halogenated alkanes) is 2. The van der Waals surface area contributed by atoms with E-state index in [-0.39, 0.29) is 5.41 Å². The molecule has 0 unspecified atom stereocenters. The fraction of sp³-hybridized carbons (Fsp3) is 0.800. The summed E-state index contributed by atoms with van der Waals surface area (Å²) in [7, 11) is 1.79. The summed E-state index contributed by atoms with van der Waals surface area (Å²) in [6.07, 6.45) is 9.71. The number of rotatable bonds is 8. The molecule has 0 aromatic carbocycles. The number of aromatic nitrogens is 1. The Morgan fingerprint density at radius 3 is 2.58 bits per heavy atom. The summed E-state index contributed by atoms with van der Waals surface area (Å²) in [5.41, 5.74) is -0.0145. The van der Waals surface area contributed by atoms with Gasteiger partial charge in [0.15, 0.2) is 5.96 Å². The summed E-state index contributed by atoms with van der Waals surface area (Å²) < 4.78 is 5.80. The molecule has 1 aliphatic rings. The van der Waals surface area contributed by atoms with Gasteiger partial charge in [0.25, 0.3) is 0 Å². The number of guanidine groups is 1. The van der Waals surface area contributed by atoms with Crippen molar-refractivity contribution in [1.29, 1.82) is 0 Å². The van der Waals surface area contributed by atoms with Gasteiger partial charge in [0, 0.05) is 19.0 Å². The van der Waals surface area contributed by atoms with Gasteiger partial charge in [0.2, 0.25) is 5.89 Å². The number of piperidine rings is 1. The van der Waals surface area contributed by atoms with Crippen LogP contribution in [-0.2, 0) is 12.0 Å². The summed E-state index contributed by atoms with van der Waals surface area (Å²) >= 11 is 0. The molecule has 0 spiro atoms. The lowest BCUT2D eigenvalue weighted by molar-refractivity contribution is 0.224. The first-order valence-corrected chi connectivity index (χ1v) is 10.1. The van der Waals surface area contributed by atoms with Crippen LogP contribution >= 0.6 is 0 Å². The molecule has 6 nitrogen and oxygen atoms in total. The molecule has 1 aromatic heterocycles. The molecule has 1 fully saturated rings. The molecule has 148 valence electrons. The second-order valence-electron chi connectivity index (χ2n) is 8.18. The van der Waals surface area contributed by atoms with Crippen molar-refractivity contribution in [2.24, 2.45) is 4.99 Å². The second kappa shape index (κ2) is 10.6. The van der Waals surface area contributed by atoms with Gasteiger partial charge in [-0.1, -0.05) is 33.6 Å². The Bertz CT molecular complexity index is 541. The summed E-state index contributed by atoms with van der Waals surface area (Å²) in [4.78, 5) is 11.2. The van der Waals surface area contributed by atoms with Crippen LogP contribution in [-0.4, -0.2) is 49.1 Å². The van der Waals surface area contributed by atoms with Crippen molar-refractivity contribution in [3.05, 3.63) is 17.8 Å². The highest BCUT2D eigenvalue weighted by Gasteiger charge is 2.19. The minimum Gasteiger partial charge on any atom is -0.443 e. The van der Waals surface area contributed by atoms with E-state index in [1.54, 1.807) is 7.05 Å². The van der Waals surface area contributed by atoms with Gasteiger partial charge >= 0.3 is 0 Å². The van der Waals surface area contributed by atoms with Crippen LogP contribution in [0.3, 0.4) is 0 Å². The molecule has 0 bridgehead atoms. The number of likely N-dealkylation sites (tertiary alicyclic amines) is 1. The fourth-order valence-electron chi connectivity index (χ4n) is 3.15. The topological polar surface area (TPSA) is 65.7 Å². The Morgan fingerprint density at radius 1 is 1.15 bits per heavy atom. The third kappa shape index (κ3) is 7.36. The van der Waals surface area contributed by atoms with Crippen LogP contribution < -0.4 is 10.6 Å². The van der Waals surface area contributed by atoms with E-state index in [2.05, 4.69) is 46.3 Å². The zero-order valence-electron chi connectivity index (χ0n) is 17.1. The van der Waals surface area contributed by atoms with Crippen LogP contribution in [0.25, 0.3) is 0 Å². The Hall–Kier alpha value is -1.56. The number of nitrogens with one attached hydrogen (secondary N) is 2. The van der Waals surface area contributed by atoms with Crippen LogP contribution in [0, 0.1) is 0 Å². The van der Waals surface area contributed by atoms with E-state index in [9.17, 15) is 0 Å². The monoisotopic (exact) mass is 363 g/mol. The predicted molar refractivity (Wildman–Crippen MR) is 108 cm³/mol. The number of nitrogens with zero attached hydrogens (tertiary/aromatic N) is 3. The van der Waals surface area contributed by atoms with E-state index in [0.717, 1.165) is 18.3 Å². The normalized spacial score (nSPS) is 16.7. The zero-order chi connectivity index (χ0) is 18.8. The van der Waals surface area contributed by atoms with Crippen LogP contribution in [0.1, 0.15) is 70.9 Å². The van der Waals surface area contributed by atoms with Crippen molar-refractivity contribution in [3.63, 3.8) is 0 Å². The smallest absolute Gasteiger partial charge is 0.213 e. The van der Waals surface area contributed by atoms with Gasteiger partial charge in [-0.25, -0.2) is 4.98 Å². The van der Waals surface area contributed by atoms with Crippen LogP contribution in [0.4, 0.5) is 0 Å². The van der Waals surface area contributed by atoms with Crippen LogP contribution in [0.2, 0.25) is 0 Å². The quantitative estimate of drug-likeness (QED) is 0.421. The molecule has 2 heterocycles. The molecule has 0 amide bonds. The van der Waals surface area contributed by atoms with E-state index in [1.807, 2.05) is 6.20 Å². The summed E-state index contributed by atoms with van der Waals surface area (Å²) in [5.74, 6) is 2.40. The molecule has 2 N–H and O–H groups in total. The zero-order valence-corrected chi connectivity index (χ0v) is 17.1. The van der Waals surface area contributed by atoms with Gasteiger partial charge in [0.1, 0.15) is 5.76 Å². The molecule has 6 heteroatoms. The van der Waals surface area contributed by atoms with Crippen molar-refractivity contribution in [3.8, 4) is 0 Å². The number of hydrogen-bond donors (Lipinski definition) is 2. The van der Waals surface area contributed by atoms with Gasteiger partial charge in [-0.05, 0) is 45.3 Å². The van der Waals surface area contributed by atoms with Crippen molar-refractivity contribution in [1.82, 2.24) is 20.5 Å². The minimum absolute atomic E-state index is 0.0145. The van der Waals surface area contributed by atoms with E-state index in [1.165, 1.54) is 58.2 Å². The van der Waals surface area contributed by atoms with Crippen LogP contribution in [0.5, 0.6) is 0 Å². The first kappa shape index (κ1) is 20.7. The van der Waals surface area contributed by atoms with Crippen molar-refractivity contribution >= 4 is 5.96 Å². The second-order valence-corrected chi connectivity index (χ2v) is 8.18. The van der Waals surface area contributed by atoms with E-state index in [4.69, 9.17) is 4.42 Å². The number of aliphatic imine (C=N–C) groups is 1. The fourth-order valence-corrected chi connectivity index (χ4v) is 3.15. The lowest BCUT2D eigenvalue weighted by Crippen LogP contribution is -2.37. The standard InChI is InChI=1S/C20H37N5O/c1-20(2,3)17-15-23-18(26-17)16-24-19(21-4)22-11-7-5-8-12-25-13-9-6-10-14-25/h15H,5-14,16H2,1-4H3,(H2,21,22,24). The highest BCUT2D eigenvalue weighted by molar-refractivity contribution is 5.79. The Kier molecular flexibility index (Phi) is 8.42.